The Labute approximate surface area is 179 Å². The van der Waals surface area contributed by atoms with Gasteiger partial charge in [-0.15, -0.1) is 5.10 Å². The lowest BCUT2D eigenvalue weighted by molar-refractivity contribution is 0.0903. The summed E-state index contributed by atoms with van der Waals surface area (Å²) in [6, 6.07) is 18.5. The minimum absolute atomic E-state index is 0.148. The maximum Gasteiger partial charge on any atom is 0.273 e. The maximum atomic E-state index is 12.8. The van der Waals surface area contributed by atoms with Crippen molar-refractivity contribution in [2.45, 2.75) is 32.4 Å². The number of nitrogens with zero attached hydrogens (tertiary/aromatic N) is 4. The zero-order valence-corrected chi connectivity index (χ0v) is 18.0. The molecule has 1 amide bonds. The van der Waals surface area contributed by atoms with Crippen LogP contribution in [0.5, 0.6) is 0 Å². The number of piperidine rings is 1. The van der Waals surface area contributed by atoms with E-state index in [2.05, 4.69) is 60.7 Å². The molecule has 7 heteroatoms. The van der Waals surface area contributed by atoms with Crippen LogP contribution < -0.4 is 5.32 Å². The van der Waals surface area contributed by atoms with E-state index in [1.54, 1.807) is 4.68 Å². The average Bonchev–Trinajstić information content (AvgIpc) is 3.12. The number of carbonyl (C=O) groups excluding carboxylic acids is 1. The van der Waals surface area contributed by atoms with Gasteiger partial charge in [0.05, 0.1) is 11.4 Å². The van der Waals surface area contributed by atoms with E-state index < -0.39 is 0 Å². The summed E-state index contributed by atoms with van der Waals surface area (Å²) in [6.45, 7) is 4.78. The van der Waals surface area contributed by atoms with Crippen LogP contribution in [0.3, 0.4) is 0 Å². The molecule has 0 aliphatic carbocycles. The molecule has 1 aliphatic rings. The number of rotatable bonds is 5. The van der Waals surface area contributed by atoms with Crippen LogP contribution in [0.2, 0.25) is 0 Å². The van der Waals surface area contributed by atoms with E-state index in [0.29, 0.717) is 5.69 Å². The fraction of sp³-hybridized carbons (Fsp3) is 0.318. The molecule has 6 nitrogen and oxygen atoms in total. The first-order valence-corrected chi connectivity index (χ1v) is 10.6. The van der Waals surface area contributed by atoms with Gasteiger partial charge in [0.1, 0.15) is 0 Å². The molecule has 1 saturated heterocycles. The quantitative estimate of drug-likeness (QED) is 0.638. The SMILES string of the molecule is Cc1c(C(=O)NC2CCN(Cc3ccccc3)CC2)nnn1-c1cccc(Br)c1. The van der Waals surface area contributed by atoms with Crippen LogP contribution in [0.4, 0.5) is 0 Å². The summed E-state index contributed by atoms with van der Waals surface area (Å²) in [6.07, 6.45) is 1.88. The second-order valence-corrected chi connectivity index (χ2v) is 8.34. The van der Waals surface area contributed by atoms with Crippen molar-refractivity contribution in [3.8, 4) is 5.69 Å². The average molecular weight is 454 g/mol. The normalized spacial score (nSPS) is 15.4. The predicted octanol–water partition coefficient (Wildman–Crippen LogP) is 3.73. The molecule has 2 aromatic carbocycles. The molecular formula is C22H24BrN5O. The molecule has 1 aliphatic heterocycles. The molecule has 1 N–H and O–H groups in total. The van der Waals surface area contributed by atoms with Crippen LogP contribution in [-0.4, -0.2) is 44.9 Å². The van der Waals surface area contributed by atoms with Crippen LogP contribution in [0.15, 0.2) is 59.1 Å². The molecule has 0 unspecified atom stereocenters. The molecule has 0 saturated carbocycles. The van der Waals surface area contributed by atoms with Crippen LogP contribution in [0.25, 0.3) is 5.69 Å². The van der Waals surface area contributed by atoms with Crippen molar-refractivity contribution in [3.63, 3.8) is 0 Å². The smallest absolute Gasteiger partial charge is 0.273 e. The molecule has 1 fully saturated rings. The highest BCUT2D eigenvalue weighted by atomic mass is 79.9. The molecule has 150 valence electrons. The third-order valence-corrected chi connectivity index (χ3v) is 5.83. The van der Waals surface area contributed by atoms with E-state index >= 15 is 0 Å². The van der Waals surface area contributed by atoms with Gasteiger partial charge in [0, 0.05) is 30.1 Å². The first-order valence-electron chi connectivity index (χ1n) is 9.85. The molecule has 3 aromatic rings. The lowest BCUT2D eigenvalue weighted by Crippen LogP contribution is -2.44. The Kier molecular flexibility index (Phi) is 6.06. The van der Waals surface area contributed by atoms with Crippen LogP contribution in [-0.2, 0) is 6.54 Å². The molecule has 0 atom stereocenters. The standard InChI is InChI=1S/C22H24BrN5O/c1-16-21(25-26-28(16)20-9-5-8-18(23)14-20)22(29)24-19-10-12-27(13-11-19)15-17-6-3-2-4-7-17/h2-9,14,19H,10-13,15H2,1H3,(H,24,29). The van der Waals surface area contributed by atoms with Crippen molar-refractivity contribution in [2.75, 3.05) is 13.1 Å². The summed E-state index contributed by atoms with van der Waals surface area (Å²) in [5, 5.41) is 11.5. The summed E-state index contributed by atoms with van der Waals surface area (Å²) in [7, 11) is 0. The van der Waals surface area contributed by atoms with E-state index in [-0.39, 0.29) is 11.9 Å². The van der Waals surface area contributed by atoms with E-state index in [1.807, 2.05) is 37.3 Å². The topological polar surface area (TPSA) is 63.1 Å². The fourth-order valence-corrected chi connectivity index (χ4v) is 4.11. The summed E-state index contributed by atoms with van der Waals surface area (Å²) >= 11 is 3.47. The zero-order valence-electron chi connectivity index (χ0n) is 16.4. The number of halogens is 1. The van der Waals surface area contributed by atoms with Gasteiger partial charge in [-0.1, -0.05) is 57.5 Å². The number of hydrogen-bond donors (Lipinski definition) is 1. The van der Waals surface area contributed by atoms with Gasteiger partial charge < -0.3 is 5.32 Å². The van der Waals surface area contributed by atoms with Crippen molar-refractivity contribution in [1.82, 2.24) is 25.2 Å². The van der Waals surface area contributed by atoms with Gasteiger partial charge in [-0.2, -0.15) is 0 Å². The third kappa shape index (κ3) is 4.74. The Morgan fingerprint density at radius 1 is 1.14 bits per heavy atom. The Hall–Kier alpha value is -2.51. The number of aromatic nitrogens is 3. The van der Waals surface area contributed by atoms with E-state index in [4.69, 9.17) is 0 Å². The van der Waals surface area contributed by atoms with E-state index in [0.717, 1.165) is 48.3 Å². The highest BCUT2D eigenvalue weighted by Crippen LogP contribution is 2.18. The Balaban J connectivity index is 1.35. The first-order chi connectivity index (χ1) is 14.1. The number of hydrogen-bond acceptors (Lipinski definition) is 4. The molecule has 4 rings (SSSR count). The monoisotopic (exact) mass is 453 g/mol. The molecule has 0 spiro atoms. The molecule has 0 bridgehead atoms. The lowest BCUT2D eigenvalue weighted by atomic mass is 10.0. The minimum atomic E-state index is -0.148. The van der Waals surface area contributed by atoms with Crippen molar-refractivity contribution in [3.05, 3.63) is 76.0 Å². The summed E-state index contributed by atoms with van der Waals surface area (Å²) in [5.74, 6) is -0.148. The second-order valence-electron chi connectivity index (χ2n) is 7.42. The lowest BCUT2D eigenvalue weighted by Gasteiger charge is -2.32. The van der Waals surface area contributed by atoms with E-state index in [1.165, 1.54) is 5.56 Å². The number of nitrogens with one attached hydrogen (secondary N) is 1. The summed E-state index contributed by atoms with van der Waals surface area (Å²) < 4.78 is 2.65. The van der Waals surface area contributed by atoms with Gasteiger partial charge in [-0.05, 0) is 43.5 Å². The van der Waals surface area contributed by atoms with Gasteiger partial charge in [0.25, 0.3) is 5.91 Å². The summed E-state index contributed by atoms with van der Waals surface area (Å²) in [5.41, 5.74) is 3.33. The van der Waals surface area contributed by atoms with Gasteiger partial charge in [-0.25, -0.2) is 4.68 Å². The molecule has 29 heavy (non-hydrogen) atoms. The van der Waals surface area contributed by atoms with Crippen LogP contribution in [0, 0.1) is 6.92 Å². The Morgan fingerprint density at radius 2 is 1.90 bits per heavy atom. The van der Waals surface area contributed by atoms with E-state index in [9.17, 15) is 4.79 Å². The second kappa shape index (κ2) is 8.88. The minimum Gasteiger partial charge on any atom is -0.348 e. The maximum absolute atomic E-state index is 12.8. The van der Waals surface area contributed by atoms with Crippen molar-refractivity contribution in [1.29, 1.82) is 0 Å². The fourth-order valence-electron chi connectivity index (χ4n) is 3.72. The molecule has 0 radical (unpaired) electrons. The van der Waals surface area contributed by atoms with Gasteiger partial charge in [0.2, 0.25) is 0 Å². The number of carbonyl (C=O) groups is 1. The highest BCUT2D eigenvalue weighted by Gasteiger charge is 2.24. The third-order valence-electron chi connectivity index (χ3n) is 5.33. The molecular weight excluding hydrogens is 430 g/mol. The van der Waals surface area contributed by atoms with Gasteiger partial charge >= 0.3 is 0 Å². The number of amides is 1. The number of likely N-dealkylation sites (tertiary alicyclic amines) is 1. The van der Waals surface area contributed by atoms with Crippen molar-refractivity contribution in [2.24, 2.45) is 0 Å². The van der Waals surface area contributed by atoms with Crippen molar-refractivity contribution >= 4 is 21.8 Å². The van der Waals surface area contributed by atoms with Crippen LogP contribution >= 0.6 is 15.9 Å². The van der Waals surface area contributed by atoms with Gasteiger partial charge in [-0.3, -0.25) is 9.69 Å². The van der Waals surface area contributed by atoms with Crippen LogP contribution in [0.1, 0.15) is 34.6 Å². The predicted molar refractivity (Wildman–Crippen MR) is 116 cm³/mol. The van der Waals surface area contributed by atoms with Gasteiger partial charge in [0.15, 0.2) is 5.69 Å². The number of benzene rings is 2. The zero-order chi connectivity index (χ0) is 20.2. The molecule has 1 aromatic heterocycles. The summed E-state index contributed by atoms with van der Waals surface area (Å²) in [4.78, 5) is 15.2. The largest absolute Gasteiger partial charge is 0.348 e. The first kappa shape index (κ1) is 19.8. The molecule has 2 heterocycles. The Morgan fingerprint density at radius 3 is 2.62 bits per heavy atom. The highest BCUT2D eigenvalue weighted by molar-refractivity contribution is 9.10. The van der Waals surface area contributed by atoms with Crippen molar-refractivity contribution < 1.29 is 4.79 Å². The Bertz CT molecular complexity index is 980.